The largest absolute Gasteiger partial charge is 0.504 e. The van der Waals surface area contributed by atoms with Crippen LogP contribution in [0.3, 0.4) is 0 Å². The van der Waals surface area contributed by atoms with Crippen LogP contribution in [0.4, 0.5) is 0 Å². The number of cyclic esters (lactones) is 1. The first-order valence-electron chi connectivity index (χ1n) is 4.25. The molecular formula is C10H10O4. The summed E-state index contributed by atoms with van der Waals surface area (Å²) in [7, 11) is 1.47. The van der Waals surface area contributed by atoms with Crippen molar-refractivity contribution >= 4 is 5.97 Å². The minimum Gasteiger partial charge on any atom is -0.504 e. The second-order valence-corrected chi connectivity index (χ2v) is 3.13. The Balaban J connectivity index is 2.46. The summed E-state index contributed by atoms with van der Waals surface area (Å²) in [6.45, 7) is 0.228. The fourth-order valence-electron chi connectivity index (χ4n) is 1.48. The molecule has 0 saturated heterocycles. The van der Waals surface area contributed by atoms with Crippen LogP contribution < -0.4 is 4.74 Å². The number of benzene rings is 1. The number of hydrogen-bond donors (Lipinski definition) is 1. The molecule has 0 aliphatic carbocycles. The fraction of sp³-hybridized carbons (Fsp3) is 0.300. The smallest absolute Gasteiger partial charge is 0.310 e. The van der Waals surface area contributed by atoms with Crippen molar-refractivity contribution in [3.63, 3.8) is 0 Å². The normalized spacial score (nSPS) is 14.5. The second-order valence-electron chi connectivity index (χ2n) is 3.13. The molecule has 14 heavy (non-hydrogen) atoms. The van der Waals surface area contributed by atoms with Gasteiger partial charge in [-0.3, -0.25) is 4.79 Å². The molecule has 0 aromatic heterocycles. The molecule has 1 N–H and O–H groups in total. The number of carbonyl (C=O) groups excluding carboxylic acids is 1. The number of phenolic OH excluding ortho intramolecular Hbond substituents is 1. The van der Waals surface area contributed by atoms with E-state index in [2.05, 4.69) is 0 Å². The maximum Gasteiger partial charge on any atom is 0.310 e. The maximum atomic E-state index is 11.0. The number of fused-ring (bicyclic) bond motifs is 1. The molecule has 0 spiro atoms. The quantitative estimate of drug-likeness (QED) is 0.677. The van der Waals surface area contributed by atoms with E-state index in [0.29, 0.717) is 5.75 Å². The summed E-state index contributed by atoms with van der Waals surface area (Å²) in [5, 5.41) is 9.47. The second kappa shape index (κ2) is 3.21. The molecule has 0 bridgehead atoms. The third-order valence-electron chi connectivity index (χ3n) is 2.22. The summed E-state index contributed by atoms with van der Waals surface area (Å²) in [4.78, 5) is 11.0. The predicted octanol–water partition coefficient (Wildman–Crippen LogP) is 1.00. The van der Waals surface area contributed by atoms with E-state index in [1.165, 1.54) is 7.11 Å². The van der Waals surface area contributed by atoms with Crippen LogP contribution in [0.5, 0.6) is 11.5 Å². The minimum atomic E-state index is -0.245. The van der Waals surface area contributed by atoms with Gasteiger partial charge in [-0.25, -0.2) is 0 Å². The molecule has 0 radical (unpaired) electrons. The van der Waals surface area contributed by atoms with E-state index in [9.17, 15) is 9.90 Å². The van der Waals surface area contributed by atoms with Gasteiger partial charge in [0, 0.05) is 0 Å². The van der Waals surface area contributed by atoms with E-state index in [1.54, 1.807) is 12.1 Å². The average Bonchev–Trinajstić information content (AvgIpc) is 2.17. The Labute approximate surface area is 81.1 Å². The van der Waals surface area contributed by atoms with E-state index in [-0.39, 0.29) is 24.7 Å². The molecule has 1 heterocycles. The molecule has 1 aromatic rings. The summed E-state index contributed by atoms with van der Waals surface area (Å²) in [5.41, 5.74) is 1.69. The van der Waals surface area contributed by atoms with Gasteiger partial charge in [-0.2, -0.15) is 0 Å². The van der Waals surface area contributed by atoms with Crippen molar-refractivity contribution in [1.82, 2.24) is 0 Å². The van der Waals surface area contributed by atoms with Gasteiger partial charge < -0.3 is 14.6 Å². The number of rotatable bonds is 1. The van der Waals surface area contributed by atoms with Crippen molar-refractivity contribution in [3.8, 4) is 11.5 Å². The molecular weight excluding hydrogens is 184 g/mol. The predicted molar refractivity (Wildman–Crippen MR) is 48.2 cm³/mol. The van der Waals surface area contributed by atoms with Crippen LogP contribution in [-0.4, -0.2) is 18.2 Å². The highest BCUT2D eigenvalue weighted by Gasteiger charge is 2.18. The van der Waals surface area contributed by atoms with Crippen molar-refractivity contribution in [2.24, 2.45) is 0 Å². The lowest BCUT2D eigenvalue weighted by Gasteiger charge is -2.17. The van der Waals surface area contributed by atoms with Crippen molar-refractivity contribution in [1.29, 1.82) is 0 Å². The Morgan fingerprint density at radius 2 is 2.21 bits per heavy atom. The lowest BCUT2D eigenvalue weighted by Crippen LogP contribution is -2.16. The van der Waals surface area contributed by atoms with Crippen LogP contribution in [0.1, 0.15) is 11.1 Å². The van der Waals surface area contributed by atoms with E-state index >= 15 is 0 Å². The molecule has 0 fully saturated rings. The molecule has 2 rings (SSSR count). The molecule has 0 amide bonds. The Morgan fingerprint density at radius 1 is 1.43 bits per heavy atom. The van der Waals surface area contributed by atoms with E-state index in [0.717, 1.165) is 11.1 Å². The summed E-state index contributed by atoms with van der Waals surface area (Å²) in [5.74, 6) is 0.216. The Kier molecular flexibility index (Phi) is 2.04. The van der Waals surface area contributed by atoms with Gasteiger partial charge in [0.15, 0.2) is 11.5 Å². The number of carbonyl (C=O) groups is 1. The Hall–Kier alpha value is -1.71. The molecule has 0 saturated carbocycles. The van der Waals surface area contributed by atoms with Crippen molar-refractivity contribution in [2.75, 3.05) is 7.11 Å². The Morgan fingerprint density at radius 3 is 2.93 bits per heavy atom. The van der Waals surface area contributed by atoms with Gasteiger partial charge in [0.2, 0.25) is 0 Å². The van der Waals surface area contributed by atoms with Crippen LogP contribution in [-0.2, 0) is 22.6 Å². The van der Waals surface area contributed by atoms with Crippen LogP contribution >= 0.6 is 0 Å². The number of methoxy groups -OCH3 is 1. The SMILES string of the molecule is COc1cc2c(cc1O)COC(=O)C2. The van der Waals surface area contributed by atoms with Gasteiger partial charge in [0.05, 0.1) is 13.5 Å². The third-order valence-corrected chi connectivity index (χ3v) is 2.22. The molecule has 0 atom stereocenters. The van der Waals surface area contributed by atoms with Gasteiger partial charge in [-0.05, 0) is 23.3 Å². The number of esters is 1. The first kappa shape index (κ1) is 8.87. The first-order valence-corrected chi connectivity index (χ1v) is 4.25. The van der Waals surface area contributed by atoms with E-state index < -0.39 is 0 Å². The third kappa shape index (κ3) is 1.39. The van der Waals surface area contributed by atoms with Crippen LogP contribution in [0, 0.1) is 0 Å². The van der Waals surface area contributed by atoms with Crippen LogP contribution in [0.2, 0.25) is 0 Å². The lowest BCUT2D eigenvalue weighted by atomic mass is 10.0. The summed E-state index contributed by atoms with van der Waals surface area (Å²) in [6, 6.07) is 3.24. The molecule has 1 aromatic carbocycles. The minimum absolute atomic E-state index is 0.0733. The van der Waals surface area contributed by atoms with Crippen molar-refractivity contribution < 1.29 is 19.4 Å². The summed E-state index contributed by atoms with van der Waals surface area (Å²) >= 11 is 0. The molecule has 4 heteroatoms. The highest BCUT2D eigenvalue weighted by Crippen LogP contribution is 2.31. The zero-order chi connectivity index (χ0) is 10.1. The highest BCUT2D eigenvalue weighted by atomic mass is 16.5. The first-order chi connectivity index (χ1) is 6.70. The average molecular weight is 194 g/mol. The fourth-order valence-corrected chi connectivity index (χ4v) is 1.48. The molecule has 4 nitrogen and oxygen atoms in total. The highest BCUT2D eigenvalue weighted by molar-refractivity contribution is 5.75. The lowest BCUT2D eigenvalue weighted by molar-refractivity contribution is -0.145. The van der Waals surface area contributed by atoms with Crippen molar-refractivity contribution in [2.45, 2.75) is 13.0 Å². The topological polar surface area (TPSA) is 55.8 Å². The summed E-state index contributed by atoms with van der Waals surface area (Å²) in [6.07, 6.45) is 0.242. The van der Waals surface area contributed by atoms with Crippen molar-refractivity contribution in [3.05, 3.63) is 23.3 Å². The number of aromatic hydroxyl groups is 1. The van der Waals surface area contributed by atoms with Crippen LogP contribution in [0.25, 0.3) is 0 Å². The van der Waals surface area contributed by atoms with Gasteiger partial charge >= 0.3 is 5.97 Å². The molecule has 1 aliphatic rings. The molecule has 74 valence electrons. The van der Waals surface area contributed by atoms with E-state index in [1.807, 2.05) is 0 Å². The Bertz CT molecular complexity index is 384. The summed E-state index contributed by atoms with van der Waals surface area (Å²) < 4.78 is 9.79. The standard InChI is InChI=1S/C10H10O4/c1-13-9-3-6-4-10(12)14-5-7(6)2-8(9)11/h2-3,11H,4-5H2,1H3. The van der Waals surface area contributed by atoms with Gasteiger partial charge in [0.1, 0.15) is 6.61 Å². The van der Waals surface area contributed by atoms with Crippen LogP contribution in [0.15, 0.2) is 12.1 Å². The maximum absolute atomic E-state index is 11.0. The number of phenols is 1. The molecule has 0 unspecified atom stereocenters. The van der Waals surface area contributed by atoms with Gasteiger partial charge in [0.25, 0.3) is 0 Å². The number of hydrogen-bond acceptors (Lipinski definition) is 4. The molecule has 1 aliphatic heterocycles. The van der Waals surface area contributed by atoms with Gasteiger partial charge in [-0.1, -0.05) is 0 Å². The van der Waals surface area contributed by atoms with E-state index in [4.69, 9.17) is 9.47 Å². The number of ether oxygens (including phenoxy) is 2. The zero-order valence-electron chi connectivity index (χ0n) is 7.74. The van der Waals surface area contributed by atoms with Gasteiger partial charge in [-0.15, -0.1) is 0 Å². The zero-order valence-corrected chi connectivity index (χ0v) is 7.74. The monoisotopic (exact) mass is 194 g/mol.